The normalized spacial score (nSPS) is 11.3. The number of benzene rings is 3. The van der Waals surface area contributed by atoms with Gasteiger partial charge in [0.15, 0.2) is 0 Å². The van der Waals surface area contributed by atoms with Crippen LogP contribution in [0.2, 0.25) is 0 Å². The van der Waals surface area contributed by atoms with Crippen LogP contribution in [0.5, 0.6) is 17.2 Å². The van der Waals surface area contributed by atoms with Crippen LogP contribution in [0.25, 0.3) is 17.0 Å². The molecule has 0 saturated carbocycles. The molecule has 0 bridgehead atoms. The second-order valence-electron chi connectivity index (χ2n) is 8.08. The monoisotopic (exact) mass is 440 g/mol. The van der Waals surface area contributed by atoms with Crippen LogP contribution in [-0.4, -0.2) is 5.97 Å². The van der Waals surface area contributed by atoms with Gasteiger partial charge in [0.1, 0.15) is 23.3 Å². The maximum Gasteiger partial charge on any atom is 0.336 e. The van der Waals surface area contributed by atoms with Gasteiger partial charge >= 0.3 is 5.97 Å². The largest absolute Gasteiger partial charge is 0.460 e. The molecule has 0 aliphatic heterocycles. The molecular formula is C28H24O5. The summed E-state index contributed by atoms with van der Waals surface area (Å²) in [4.78, 5) is 25.0. The van der Waals surface area contributed by atoms with E-state index in [1.165, 1.54) is 24.0 Å². The molecule has 0 amide bonds. The summed E-state index contributed by atoms with van der Waals surface area (Å²) < 4.78 is 16.6. The van der Waals surface area contributed by atoms with Crippen molar-refractivity contribution in [3.63, 3.8) is 0 Å². The van der Waals surface area contributed by atoms with E-state index in [1.807, 2.05) is 43.3 Å². The Kier molecular flexibility index (Phi) is 6.41. The topological polar surface area (TPSA) is 65.7 Å². The summed E-state index contributed by atoms with van der Waals surface area (Å²) in [5.74, 6) is 0.837. The molecule has 0 spiro atoms. The van der Waals surface area contributed by atoms with Crippen molar-refractivity contribution >= 4 is 23.0 Å². The van der Waals surface area contributed by atoms with E-state index in [0.29, 0.717) is 22.6 Å². The number of esters is 1. The second kappa shape index (κ2) is 9.57. The molecule has 0 saturated heterocycles. The molecule has 166 valence electrons. The van der Waals surface area contributed by atoms with Gasteiger partial charge in [0.2, 0.25) is 11.2 Å². The summed E-state index contributed by atoms with van der Waals surface area (Å²) in [6.45, 7) is 6.23. The molecule has 0 N–H and O–H groups in total. The third-order valence-corrected chi connectivity index (χ3v) is 5.20. The van der Waals surface area contributed by atoms with E-state index in [4.69, 9.17) is 13.9 Å². The van der Waals surface area contributed by atoms with Crippen molar-refractivity contribution in [2.45, 2.75) is 26.7 Å². The predicted molar refractivity (Wildman–Crippen MR) is 129 cm³/mol. The van der Waals surface area contributed by atoms with Crippen molar-refractivity contribution in [2.75, 3.05) is 0 Å². The average molecular weight is 440 g/mol. The van der Waals surface area contributed by atoms with Gasteiger partial charge in [-0.1, -0.05) is 55.8 Å². The zero-order valence-electron chi connectivity index (χ0n) is 18.7. The molecule has 0 aliphatic rings. The molecule has 0 aliphatic carbocycles. The van der Waals surface area contributed by atoms with E-state index in [-0.39, 0.29) is 16.9 Å². The molecule has 0 radical (unpaired) electrons. The molecular weight excluding hydrogens is 416 g/mol. The smallest absolute Gasteiger partial charge is 0.336 e. The highest BCUT2D eigenvalue weighted by atomic mass is 16.5. The Morgan fingerprint density at radius 2 is 1.64 bits per heavy atom. The number of hydrogen-bond donors (Lipinski definition) is 0. The van der Waals surface area contributed by atoms with Crippen LogP contribution < -0.4 is 14.9 Å². The predicted octanol–water partition coefficient (Wildman–Crippen LogP) is 6.64. The molecule has 5 heteroatoms. The number of aryl methyl sites for hydroxylation is 1. The Hall–Kier alpha value is -4.12. The molecule has 1 aromatic heterocycles. The van der Waals surface area contributed by atoms with Gasteiger partial charge in [-0.25, -0.2) is 4.79 Å². The van der Waals surface area contributed by atoms with Crippen LogP contribution in [0.3, 0.4) is 0 Å². The van der Waals surface area contributed by atoms with Gasteiger partial charge in [-0.05, 0) is 54.3 Å². The molecule has 5 nitrogen and oxygen atoms in total. The standard InChI is InChI=1S/C28H24O5/c1-18(2)21-9-6-20(7-10-21)8-15-27(29)33-23-13-14-24-25(16-23)31-17-26(28(24)30)32-22-11-4-19(3)5-12-22/h4-18H,1-3H3. The minimum atomic E-state index is -0.524. The quantitative estimate of drug-likeness (QED) is 0.191. The summed E-state index contributed by atoms with van der Waals surface area (Å²) in [6.07, 6.45) is 4.32. The van der Waals surface area contributed by atoms with Gasteiger partial charge in [0.25, 0.3) is 0 Å². The highest BCUT2D eigenvalue weighted by molar-refractivity contribution is 5.89. The Balaban J connectivity index is 1.46. The van der Waals surface area contributed by atoms with Crippen molar-refractivity contribution in [2.24, 2.45) is 0 Å². The molecule has 0 atom stereocenters. The summed E-state index contributed by atoms with van der Waals surface area (Å²) >= 11 is 0. The van der Waals surface area contributed by atoms with Crippen LogP contribution in [0.4, 0.5) is 0 Å². The lowest BCUT2D eigenvalue weighted by Crippen LogP contribution is -2.06. The van der Waals surface area contributed by atoms with Gasteiger partial charge in [0, 0.05) is 12.1 Å². The summed E-state index contributed by atoms with van der Waals surface area (Å²) in [7, 11) is 0. The minimum absolute atomic E-state index is 0.0857. The third kappa shape index (κ3) is 5.39. The highest BCUT2D eigenvalue weighted by Gasteiger charge is 2.11. The van der Waals surface area contributed by atoms with Gasteiger partial charge in [-0.3, -0.25) is 4.79 Å². The fourth-order valence-electron chi connectivity index (χ4n) is 3.26. The van der Waals surface area contributed by atoms with E-state index >= 15 is 0 Å². The van der Waals surface area contributed by atoms with Crippen LogP contribution >= 0.6 is 0 Å². The molecule has 4 aromatic rings. The number of carbonyl (C=O) groups excluding carboxylic acids is 1. The summed E-state index contributed by atoms with van der Waals surface area (Å²) in [5, 5.41) is 0.334. The molecule has 1 heterocycles. The lowest BCUT2D eigenvalue weighted by atomic mass is 10.0. The average Bonchev–Trinajstić information content (AvgIpc) is 2.81. The highest BCUT2D eigenvalue weighted by Crippen LogP contribution is 2.24. The third-order valence-electron chi connectivity index (χ3n) is 5.20. The zero-order chi connectivity index (χ0) is 23.4. The number of rotatable bonds is 6. The fraction of sp³-hybridized carbons (Fsp3) is 0.143. The van der Waals surface area contributed by atoms with Crippen LogP contribution in [0.15, 0.2) is 88.3 Å². The number of fused-ring (bicyclic) bond motifs is 1. The van der Waals surface area contributed by atoms with Crippen molar-refractivity contribution in [1.29, 1.82) is 0 Å². The Morgan fingerprint density at radius 1 is 0.939 bits per heavy atom. The van der Waals surface area contributed by atoms with Crippen LogP contribution in [0, 0.1) is 6.92 Å². The second-order valence-corrected chi connectivity index (χ2v) is 8.08. The molecule has 0 fully saturated rings. The number of ether oxygens (including phenoxy) is 2. The van der Waals surface area contributed by atoms with Crippen molar-refractivity contribution in [3.8, 4) is 17.2 Å². The van der Waals surface area contributed by atoms with Gasteiger partial charge in [0.05, 0.1) is 5.39 Å². The first-order valence-electron chi connectivity index (χ1n) is 10.7. The van der Waals surface area contributed by atoms with Crippen LogP contribution in [-0.2, 0) is 4.79 Å². The van der Waals surface area contributed by atoms with Gasteiger partial charge in [-0.15, -0.1) is 0 Å². The van der Waals surface area contributed by atoms with Crippen molar-refractivity contribution in [3.05, 3.63) is 106 Å². The number of hydrogen-bond acceptors (Lipinski definition) is 5. The lowest BCUT2D eigenvalue weighted by Gasteiger charge is -2.07. The van der Waals surface area contributed by atoms with E-state index in [9.17, 15) is 9.59 Å². The Morgan fingerprint density at radius 3 is 2.33 bits per heavy atom. The van der Waals surface area contributed by atoms with E-state index in [1.54, 1.807) is 30.3 Å². The molecule has 4 rings (SSSR count). The maximum absolute atomic E-state index is 12.8. The number of carbonyl (C=O) groups is 1. The molecule has 0 unspecified atom stereocenters. The SMILES string of the molecule is Cc1ccc(Oc2coc3cc(OC(=O)C=Cc4ccc(C(C)C)cc4)ccc3c2=O)cc1. The fourth-order valence-corrected chi connectivity index (χ4v) is 3.26. The molecule has 3 aromatic carbocycles. The Labute approximate surface area is 191 Å². The first-order valence-corrected chi connectivity index (χ1v) is 10.7. The zero-order valence-corrected chi connectivity index (χ0v) is 18.7. The summed E-state index contributed by atoms with van der Waals surface area (Å²) in [6, 6.07) is 20.0. The molecule has 33 heavy (non-hydrogen) atoms. The van der Waals surface area contributed by atoms with Gasteiger partial charge in [-0.2, -0.15) is 0 Å². The minimum Gasteiger partial charge on any atom is -0.460 e. The van der Waals surface area contributed by atoms with E-state index in [0.717, 1.165) is 11.1 Å². The lowest BCUT2D eigenvalue weighted by molar-refractivity contribution is -0.128. The van der Waals surface area contributed by atoms with Crippen LogP contribution in [0.1, 0.15) is 36.5 Å². The first kappa shape index (κ1) is 22.1. The van der Waals surface area contributed by atoms with E-state index in [2.05, 4.69) is 13.8 Å². The first-order chi connectivity index (χ1) is 15.9. The van der Waals surface area contributed by atoms with E-state index < -0.39 is 5.97 Å². The Bertz CT molecular complexity index is 1360. The van der Waals surface area contributed by atoms with Crippen molar-refractivity contribution < 1.29 is 18.7 Å². The summed E-state index contributed by atoms with van der Waals surface area (Å²) in [5.41, 5.74) is 3.23. The van der Waals surface area contributed by atoms with Gasteiger partial charge < -0.3 is 13.9 Å². The maximum atomic E-state index is 12.8. The van der Waals surface area contributed by atoms with Crippen molar-refractivity contribution in [1.82, 2.24) is 0 Å².